The molecule has 0 spiro atoms. The summed E-state index contributed by atoms with van der Waals surface area (Å²) >= 11 is 3.90. The second-order valence-electron chi connectivity index (χ2n) is 6.97. The number of anilines is 1. The Morgan fingerprint density at radius 3 is 2.54 bits per heavy atom. The molecule has 146 valence electrons. The van der Waals surface area contributed by atoms with E-state index >= 15 is 0 Å². The lowest BCUT2D eigenvalue weighted by Crippen LogP contribution is -2.39. The summed E-state index contributed by atoms with van der Waals surface area (Å²) in [5.41, 5.74) is 3.78. The SMILES string of the molecule is CC(OC(=O)c1ccc(C2SCCCS2)cc1)C(=O)N1CCc2ccccc21. The van der Waals surface area contributed by atoms with Gasteiger partial charge in [0, 0.05) is 12.2 Å². The Balaban J connectivity index is 1.38. The summed E-state index contributed by atoms with van der Waals surface area (Å²) in [7, 11) is 0. The predicted octanol–water partition coefficient (Wildman–Crippen LogP) is 4.69. The number of carbonyl (C=O) groups excluding carboxylic acids is 2. The van der Waals surface area contributed by atoms with Crippen molar-refractivity contribution in [3.05, 3.63) is 65.2 Å². The average Bonchev–Trinajstić information content (AvgIpc) is 3.18. The lowest BCUT2D eigenvalue weighted by molar-refractivity contribution is -0.126. The molecule has 2 aromatic rings. The van der Waals surface area contributed by atoms with Crippen molar-refractivity contribution in [3.63, 3.8) is 0 Å². The third-order valence-electron chi connectivity index (χ3n) is 5.03. The Morgan fingerprint density at radius 2 is 1.79 bits per heavy atom. The molecule has 1 unspecified atom stereocenters. The van der Waals surface area contributed by atoms with Crippen LogP contribution < -0.4 is 4.90 Å². The maximum absolute atomic E-state index is 12.8. The first-order chi connectivity index (χ1) is 13.6. The molecule has 0 aromatic heterocycles. The van der Waals surface area contributed by atoms with Gasteiger partial charge >= 0.3 is 5.97 Å². The quantitative estimate of drug-likeness (QED) is 0.681. The Bertz CT molecular complexity index is 862. The predicted molar refractivity (Wildman–Crippen MR) is 116 cm³/mol. The Kier molecular flexibility index (Phi) is 5.97. The fourth-order valence-corrected chi connectivity index (χ4v) is 6.42. The monoisotopic (exact) mass is 413 g/mol. The first-order valence-electron chi connectivity index (χ1n) is 9.57. The summed E-state index contributed by atoms with van der Waals surface area (Å²) < 4.78 is 5.91. The van der Waals surface area contributed by atoms with Gasteiger partial charge in [-0.15, -0.1) is 23.5 Å². The van der Waals surface area contributed by atoms with E-state index in [-0.39, 0.29) is 5.91 Å². The third kappa shape index (κ3) is 4.08. The Hall–Kier alpha value is -1.92. The van der Waals surface area contributed by atoms with Gasteiger partial charge in [0.05, 0.1) is 10.1 Å². The highest BCUT2D eigenvalue weighted by Crippen LogP contribution is 2.43. The number of rotatable bonds is 4. The number of para-hydroxylation sites is 1. The van der Waals surface area contributed by atoms with Crippen LogP contribution in [0.15, 0.2) is 48.5 Å². The van der Waals surface area contributed by atoms with E-state index in [0.29, 0.717) is 16.7 Å². The van der Waals surface area contributed by atoms with Crippen molar-refractivity contribution in [2.24, 2.45) is 0 Å². The molecule has 0 radical (unpaired) electrons. The van der Waals surface area contributed by atoms with Gasteiger partial charge in [0.1, 0.15) is 0 Å². The smallest absolute Gasteiger partial charge is 0.338 e. The minimum absolute atomic E-state index is 0.176. The number of thioether (sulfide) groups is 2. The first-order valence-corrected chi connectivity index (χ1v) is 11.7. The Labute approximate surface area is 174 Å². The van der Waals surface area contributed by atoms with Gasteiger partial charge in [0.2, 0.25) is 0 Å². The van der Waals surface area contributed by atoms with Crippen LogP contribution in [-0.4, -0.2) is 36.0 Å². The minimum atomic E-state index is -0.817. The average molecular weight is 414 g/mol. The number of fused-ring (bicyclic) bond motifs is 1. The van der Waals surface area contributed by atoms with Crippen LogP contribution in [0.2, 0.25) is 0 Å². The van der Waals surface area contributed by atoms with Gasteiger partial charge in [-0.3, -0.25) is 4.79 Å². The molecule has 6 heteroatoms. The van der Waals surface area contributed by atoms with E-state index in [1.807, 2.05) is 59.9 Å². The molecule has 0 aliphatic carbocycles. The Morgan fingerprint density at radius 1 is 1.07 bits per heavy atom. The van der Waals surface area contributed by atoms with Crippen LogP contribution in [0.5, 0.6) is 0 Å². The zero-order valence-corrected chi connectivity index (χ0v) is 17.4. The van der Waals surface area contributed by atoms with Crippen molar-refractivity contribution in [3.8, 4) is 0 Å². The lowest BCUT2D eigenvalue weighted by Gasteiger charge is -2.22. The van der Waals surface area contributed by atoms with E-state index in [1.54, 1.807) is 24.0 Å². The van der Waals surface area contributed by atoms with Crippen molar-refractivity contribution >= 4 is 41.1 Å². The number of esters is 1. The van der Waals surface area contributed by atoms with Crippen LogP contribution in [0.1, 0.15) is 39.4 Å². The van der Waals surface area contributed by atoms with Crippen LogP contribution in [0.25, 0.3) is 0 Å². The second-order valence-corrected chi connectivity index (χ2v) is 9.69. The molecule has 1 atom stereocenters. The molecule has 2 heterocycles. The molecule has 1 saturated heterocycles. The fraction of sp³-hybridized carbons (Fsp3) is 0.364. The first kappa shape index (κ1) is 19.4. The second kappa shape index (κ2) is 8.62. The van der Waals surface area contributed by atoms with E-state index in [1.165, 1.54) is 23.5 Å². The van der Waals surface area contributed by atoms with E-state index in [9.17, 15) is 9.59 Å². The molecule has 0 saturated carbocycles. The molecule has 0 N–H and O–H groups in total. The summed E-state index contributed by atoms with van der Waals surface area (Å²) in [5.74, 6) is 1.73. The zero-order valence-electron chi connectivity index (χ0n) is 15.8. The molecule has 4 rings (SSSR count). The molecule has 1 amide bonds. The van der Waals surface area contributed by atoms with Crippen molar-refractivity contribution in [1.82, 2.24) is 0 Å². The maximum atomic E-state index is 12.8. The minimum Gasteiger partial charge on any atom is -0.449 e. The normalized spacial score (nSPS) is 17.8. The highest BCUT2D eigenvalue weighted by molar-refractivity contribution is 8.16. The molecule has 4 nitrogen and oxygen atoms in total. The molecular formula is C22H23NO3S2. The summed E-state index contributed by atoms with van der Waals surface area (Å²) in [6.07, 6.45) is 1.27. The van der Waals surface area contributed by atoms with Crippen LogP contribution in [0, 0.1) is 0 Å². The van der Waals surface area contributed by atoms with Gasteiger partial charge in [0.25, 0.3) is 5.91 Å². The lowest BCUT2D eigenvalue weighted by atomic mass is 10.1. The van der Waals surface area contributed by atoms with E-state index in [2.05, 4.69) is 0 Å². The maximum Gasteiger partial charge on any atom is 0.338 e. The molecule has 2 aromatic carbocycles. The number of nitrogens with zero attached hydrogens (tertiary/aromatic N) is 1. The fourth-order valence-electron chi connectivity index (χ4n) is 3.52. The molecular weight excluding hydrogens is 390 g/mol. The highest BCUT2D eigenvalue weighted by Gasteiger charge is 2.30. The van der Waals surface area contributed by atoms with Gasteiger partial charge in [0.15, 0.2) is 6.10 Å². The van der Waals surface area contributed by atoms with Crippen molar-refractivity contribution in [1.29, 1.82) is 0 Å². The summed E-state index contributed by atoms with van der Waals surface area (Å²) in [5, 5.41) is 0. The van der Waals surface area contributed by atoms with E-state index < -0.39 is 12.1 Å². The molecule has 2 aliphatic heterocycles. The third-order valence-corrected chi connectivity index (χ3v) is 8.05. The van der Waals surface area contributed by atoms with Crippen molar-refractivity contribution in [2.45, 2.75) is 30.5 Å². The van der Waals surface area contributed by atoms with Crippen molar-refractivity contribution < 1.29 is 14.3 Å². The van der Waals surface area contributed by atoms with Gasteiger partial charge in [-0.25, -0.2) is 4.79 Å². The van der Waals surface area contributed by atoms with Crippen LogP contribution in [-0.2, 0) is 16.0 Å². The number of amides is 1. The molecule has 0 bridgehead atoms. The van der Waals surface area contributed by atoms with Gasteiger partial charge in [-0.1, -0.05) is 30.3 Å². The summed E-state index contributed by atoms with van der Waals surface area (Å²) in [4.78, 5) is 27.0. The van der Waals surface area contributed by atoms with E-state index in [0.717, 1.165) is 17.7 Å². The molecule has 28 heavy (non-hydrogen) atoms. The number of ether oxygens (including phenoxy) is 1. The molecule has 2 aliphatic rings. The standard InChI is InChI=1S/C22H23NO3S2/c1-15(20(24)23-12-11-16-5-2-3-6-19(16)23)26-21(25)17-7-9-18(10-8-17)22-27-13-4-14-28-22/h2-3,5-10,15,22H,4,11-14H2,1H3. The summed E-state index contributed by atoms with van der Waals surface area (Å²) in [6.45, 7) is 2.27. The van der Waals surface area contributed by atoms with Crippen LogP contribution >= 0.6 is 23.5 Å². The largest absolute Gasteiger partial charge is 0.449 e. The van der Waals surface area contributed by atoms with Crippen LogP contribution in [0.4, 0.5) is 5.69 Å². The van der Waals surface area contributed by atoms with E-state index in [4.69, 9.17) is 4.74 Å². The van der Waals surface area contributed by atoms with Gasteiger partial charge < -0.3 is 9.64 Å². The highest BCUT2D eigenvalue weighted by atomic mass is 32.2. The topological polar surface area (TPSA) is 46.6 Å². The van der Waals surface area contributed by atoms with Gasteiger partial charge in [-0.05, 0) is 60.6 Å². The van der Waals surface area contributed by atoms with Crippen molar-refractivity contribution in [2.75, 3.05) is 23.0 Å². The number of carbonyl (C=O) groups is 2. The molecule has 1 fully saturated rings. The number of hydrogen-bond donors (Lipinski definition) is 0. The van der Waals surface area contributed by atoms with Crippen LogP contribution in [0.3, 0.4) is 0 Å². The van der Waals surface area contributed by atoms with Gasteiger partial charge in [-0.2, -0.15) is 0 Å². The summed E-state index contributed by atoms with van der Waals surface area (Å²) in [6, 6.07) is 15.5. The zero-order chi connectivity index (χ0) is 19.5. The number of hydrogen-bond acceptors (Lipinski definition) is 5. The number of benzene rings is 2.